The summed E-state index contributed by atoms with van der Waals surface area (Å²) in [5.41, 5.74) is 2.54. The van der Waals surface area contributed by atoms with Crippen molar-refractivity contribution in [1.82, 2.24) is 5.32 Å². The molecule has 1 amide bonds. The van der Waals surface area contributed by atoms with E-state index in [9.17, 15) is 9.36 Å². The van der Waals surface area contributed by atoms with Crippen LogP contribution in [0.25, 0.3) is 6.08 Å². The van der Waals surface area contributed by atoms with E-state index in [0.717, 1.165) is 16.7 Å². The Hall–Kier alpha value is -2.66. The molecule has 3 aromatic rings. The minimum atomic E-state index is -4.06. The van der Waals surface area contributed by atoms with Crippen LogP contribution in [0.4, 0.5) is 0 Å². The number of halogens is 2. The second kappa shape index (κ2) is 14.0. The fourth-order valence-electron chi connectivity index (χ4n) is 3.14. The molecular weight excluding hydrogens is 504 g/mol. The van der Waals surface area contributed by atoms with Crippen molar-refractivity contribution in [3.05, 3.63) is 124 Å². The van der Waals surface area contributed by atoms with Gasteiger partial charge in [-0.1, -0.05) is 114 Å². The van der Waals surface area contributed by atoms with Crippen LogP contribution >= 0.6 is 30.8 Å². The van der Waals surface area contributed by atoms with Gasteiger partial charge in [0.15, 0.2) is 5.44 Å². The van der Waals surface area contributed by atoms with Crippen LogP contribution in [0.2, 0.25) is 0 Å². The summed E-state index contributed by atoms with van der Waals surface area (Å²) in [7, 11) is -4.06. The third-order valence-electron chi connectivity index (χ3n) is 4.91. The highest BCUT2D eigenvalue weighted by atomic mass is 35.5. The van der Waals surface area contributed by atoms with Crippen LogP contribution in [0, 0.1) is 0 Å². The molecule has 0 saturated heterocycles. The number of carbonyl (C=O) groups is 1. The van der Waals surface area contributed by atoms with Gasteiger partial charge in [-0.25, -0.2) is 0 Å². The lowest BCUT2D eigenvalue weighted by Crippen LogP contribution is -2.23. The van der Waals surface area contributed by atoms with Crippen LogP contribution in [0.3, 0.4) is 0 Å². The number of nitrogens with one attached hydrogen (secondary N) is 1. The third-order valence-corrected chi connectivity index (χ3v) is 7.48. The smallest absolute Gasteiger partial charge is 0.314 e. The molecular formula is C27H26Cl2NO4P. The zero-order valence-electron chi connectivity index (χ0n) is 19.0. The van der Waals surface area contributed by atoms with Crippen molar-refractivity contribution in [2.24, 2.45) is 0 Å². The Morgan fingerprint density at radius 3 is 1.69 bits per heavy atom. The standard InChI is InChI=1S/C27H26Cl2NO4P/c28-26(29)27(30-25(31)17-16-22-10-4-1-5-11-22)35(32,33-20-18-23-12-6-2-7-13-23)34-21-19-24-14-8-3-9-15-24/h1-17H,18-21H2,(H,30,31). The molecule has 35 heavy (non-hydrogen) atoms. The average Bonchev–Trinajstić information content (AvgIpc) is 2.88. The summed E-state index contributed by atoms with van der Waals surface area (Å²) in [6.07, 6.45) is 3.89. The summed E-state index contributed by atoms with van der Waals surface area (Å²) < 4.78 is 24.9. The number of hydrogen-bond acceptors (Lipinski definition) is 4. The molecule has 0 fully saturated rings. The van der Waals surface area contributed by atoms with Crippen molar-refractivity contribution >= 4 is 42.8 Å². The minimum absolute atomic E-state index is 0.0763. The molecule has 8 heteroatoms. The van der Waals surface area contributed by atoms with Crippen molar-refractivity contribution in [1.29, 1.82) is 0 Å². The summed E-state index contributed by atoms with van der Waals surface area (Å²) >= 11 is 12.1. The SMILES string of the molecule is O=C(C=Cc1ccccc1)NC(=C(Cl)Cl)P(=O)(OCCc1ccccc1)OCCc1ccccc1. The van der Waals surface area contributed by atoms with E-state index >= 15 is 0 Å². The van der Waals surface area contributed by atoms with Gasteiger partial charge in [-0.3, -0.25) is 9.36 Å². The van der Waals surface area contributed by atoms with Crippen LogP contribution in [-0.2, 0) is 31.2 Å². The molecule has 0 heterocycles. The van der Waals surface area contributed by atoms with Gasteiger partial charge in [0.05, 0.1) is 13.2 Å². The molecule has 0 radical (unpaired) electrons. The maximum atomic E-state index is 13.8. The van der Waals surface area contributed by atoms with Gasteiger partial charge in [-0.05, 0) is 35.6 Å². The van der Waals surface area contributed by atoms with Gasteiger partial charge in [0.2, 0.25) is 5.91 Å². The average molecular weight is 530 g/mol. The van der Waals surface area contributed by atoms with E-state index < -0.39 is 18.0 Å². The first-order valence-electron chi connectivity index (χ1n) is 11.0. The Morgan fingerprint density at radius 1 is 0.771 bits per heavy atom. The van der Waals surface area contributed by atoms with Crippen LogP contribution < -0.4 is 5.32 Å². The van der Waals surface area contributed by atoms with E-state index in [4.69, 9.17) is 32.2 Å². The molecule has 1 N–H and O–H groups in total. The summed E-state index contributed by atoms with van der Waals surface area (Å²) in [6, 6.07) is 28.5. The van der Waals surface area contributed by atoms with Crippen molar-refractivity contribution in [2.75, 3.05) is 13.2 Å². The molecule has 0 bridgehead atoms. The van der Waals surface area contributed by atoms with Crippen molar-refractivity contribution in [3.8, 4) is 0 Å². The van der Waals surface area contributed by atoms with Gasteiger partial charge < -0.3 is 14.4 Å². The first-order valence-corrected chi connectivity index (χ1v) is 13.3. The third kappa shape index (κ3) is 9.14. The van der Waals surface area contributed by atoms with Crippen LogP contribution in [0.1, 0.15) is 16.7 Å². The fraction of sp³-hybridized carbons (Fsp3) is 0.148. The number of rotatable bonds is 12. The molecule has 0 aliphatic heterocycles. The quantitative estimate of drug-likeness (QED) is 0.200. The predicted molar refractivity (Wildman–Crippen MR) is 142 cm³/mol. The second-order valence-corrected chi connectivity index (χ2v) is 10.4. The second-order valence-electron chi connectivity index (χ2n) is 7.48. The summed E-state index contributed by atoms with van der Waals surface area (Å²) in [6.45, 7) is 0.153. The van der Waals surface area contributed by atoms with E-state index in [0.29, 0.717) is 12.8 Å². The maximum absolute atomic E-state index is 13.8. The molecule has 182 valence electrons. The Balaban J connectivity index is 1.73. The lowest BCUT2D eigenvalue weighted by molar-refractivity contribution is -0.115. The lowest BCUT2D eigenvalue weighted by Gasteiger charge is -2.22. The lowest BCUT2D eigenvalue weighted by atomic mass is 10.2. The van der Waals surface area contributed by atoms with Gasteiger partial charge in [0.25, 0.3) is 0 Å². The number of hydrogen-bond donors (Lipinski definition) is 1. The summed E-state index contributed by atoms with van der Waals surface area (Å²) in [5.74, 6) is -0.568. The predicted octanol–water partition coefficient (Wildman–Crippen LogP) is 7.13. The Bertz CT molecular complexity index is 1130. The maximum Gasteiger partial charge on any atom is 0.380 e. The zero-order valence-corrected chi connectivity index (χ0v) is 21.4. The zero-order chi connectivity index (χ0) is 24.9. The molecule has 0 aromatic heterocycles. The Morgan fingerprint density at radius 2 is 1.23 bits per heavy atom. The normalized spacial score (nSPS) is 11.4. The Labute approximate surface area is 215 Å². The van der Waals surface area contributed by atoms with Gasteiger partial charge in [0, 0.05) is 6.08 Å². The molecule has 0 atom stereocenters. The van der Waals surface area contributed by atoms with Gasteiger partial charge in [-0.2, -0.15) is 0 Å². The molecule has 0 saturated carbocycles. The Kier molecular flexibility index (Phi) is 10.8. The van der Waals surface area contributed by atoms with E-state index in [1.165, 1.54) is 6.08 Å². The molecule has 3 rings (SSSR count). The number of carbonyl (C=O) groups excluding carboxylic acids is 1. The van der Waals surface area contributed by atoms with Gasteiger partial charge in [0.1, 0.15) is 4.49 Å². The monoisotopic (exact) mass is 529 g/mol. The first-order chi connectivity index (χ1) is 17.0. The molecule has 0 spiro atoms. The van der Waals surface area contributed by atoms with Crippen molar-refractivity contribution in [2.45, 2.75) is 12.8 Å². The van der Waals surface area contributed by atoms with Crippen LogP contribution in [-0.4, -0.2) is 19.1 Å². The molecule has 0 aliphatic carbocycles. The van der Waals surface area contributed by atoms with Gasteiger partial charge >= 0.3 is 7.60 Å². The number of benzene rings is 3. The van der Waals surface area contributed by atoms with Crippen molar-refractivity contribution < 1.29 is 18.4 Å². The highest BCUT2D eigenvalue weighted by Crippen LogP contribution is 2.57. The molecule has 0 aliphatic rings. The minimum Gasteiger partial charge on any atom is -0.314 e. The number of amides is 1. The van der Waals surface area contributed by atoms with E-state index in [1.54, 1.807) is 6.08 Å². The fourth-order valence-corrected chi connectivity index (χ4v) is 5.30. The molecule has 0 unspecified atom stereocenters. The first kappa shape index (κ1) is 26.9. The highest BCUT2D eigenvalue weighted by Gasteiger charge is 2.34. The van der Waals surface area contributed by atoms with Crippen molar-refractivity contribution in [3.63, 3.8) is 0 Å². The highest BCUT2D eigenvalue weighted by molar-refractivity contribution is 7.58. The molecule has 5 nitrogen and oxygen atoms in total. The largest absolute Gasteiger partial charge is 0.380 e. The van der Waals surface area contributed by atoms with Crippen LogP contribution in [0.5, 0.6) is 0 Å². The van der Waals surface area contributed by atoms with E-state index in [-0.39, 0.29) is 18.7 Å². The topological polar surface area (TPSA) is 64.6 Å². The van der Waals surface area contributed by atoms with E-state index in [1.807, 2.05) is 91.0 Å². The van der Waals surface area contributed by atoms with E-state index in [2.05, 4.69) is 5.32 Å². The molecule has 3 aromatic carbocycles. The van der Waals surface area contributed by atoms with Gasteiger partial charge in [-0.15, -0.1) is 0 Å². The summed E-state index contributed by atoms with van der Waals surface area (Å²) in [4.78, 5) is 12.6. The summed E-state index contributed by atoms with van der Waals surface area (Å²) in [5, 5.41) is 2.50. The van der Waals surface area contributed by atoms with Crippen LogP contribution in [0.15, 0.2) is 107 Å².